The van der Waals surface area contributed by atoms with Gasteiger partial charge in [-0.05, 0) is 42.0 Å². The lowest BCUT2D eigenvalue weighted by molar-refractivity contribution is 0.122. The van der Waals surface area contributed by atoms with Crippen LogP contribution in [0, 0.1) is 0 Å². The zero-order valence-corrected chi connectivity index (χ0v) is 19.5. The number of hydrogen-bond donors (Lipinski definition) is 0. The number of morpholine rings is 1. The lowest BCUT2D eigenvalue weighted by Crippen LogP contribution is -2.46. The van der Waals surface area contributed by atoms with Crippen molar-refractivity contribution in [2.75, 3.05) is 56.2 Å². The molecule has 1 unspecified atom stereocenters. The minimum Gasteiger partial charge on any atom is -0.378 e. The average Bonchev–Trinajstić information content (AvgIpc) is 2.79. The van der Waals surface area contributed by atoms with E-state index in [1.54, 1.807) is 0 Å². The van der Waals surface area contributed by atoms with E-state index in [-0.39, 0.29) is 5.41 Å². The van der Waals surface area contributed by atoms with E-state index in [9.17, 15) is 0 Å². The van der Waals surface area contributed by atoms with E-state index >= 15 is 0 Å². The van der Waals surface area contributed by atoms with Crippen LogP contribution < -0.4 is 9.80 Å². The molecule has 0 amide bonds. The Balaban J connectivity index is 1.39. The van der Waals surface area contributed by atoms with Crippen LogP contribution in [-0.4, -0.2) is 67.4 Å². The molecule has 0 aliphatic carbocycles. The molecular weight excluding hydrogens is 386 g/mol. The Bertz CT molecular complexity index is 842. The molecule has 2 fully saturated rings. The van der Waals surface area contributed by atoms with E-state index in [2.05, 4.69) is 71.8 Å². The first-order valence-electron chi connectivity index (χ1n) is 11.6. The molecule has 2 aliphatic heterocycles. The topological polar surface area (TPSA) is 44.7 Å². The smallest absolute Gasteiger partial charge is 0.227 e. The summed E-state index contributed by atoms with van der Waals surface area (Å²) in [5.74, 6) is 1.83. The highest BCUT2D eigenvalue weighted by molar-refractivity contribution is 5.44. The Morgan fingerprint density at radius 2 is 1.81 bits per heavy atom. The quantitative estimate of drug-likeness (QED) is 0.731. The van der Waals surface area contributed by atoms with Gasteiger partial charge in [0, 0.05) is 45.5 Å². The summed E-state index contributed by atoms with van der Waals surface area (Å²) in [6.07, 6.45) is 4.31. The van der Waals surface area contributed by atoms with Crippen LogP contribution in [-0.2, 0) is 16.7 Å². The summed E-state index contributed by atoms with van der Waals surface area (Å²) in [6.45, 7) is 13.3. The molecule has 0 spiro atoms. The molecule has 0 saturated carbocycles. The number of aromatic nitrogens is 2. The fourth-order valence-electron chi connectivity index (χ4n) is 4.50. The predicted octanol–water partition coefficient (Wildman–Crippen LogP) is 3.71. The van der Waals surface area contributed by atoms with Gasteiger partial charge in [-0.25, -0.2) is 4.98 Å². The van der Waals surface area contributed by atoms with Crippen LogP contribution in [0.5, 0.6) is 0 Å². The SMILES string of the molecule is CN(c1ccnc(N2CCOCC2)n1)C1CCCN(Cc2ccc(C(C)(C)C)cc2)C1. The predicted molar refractivity (Wildman–Crippen MR) is 127 cm³/mol. The van der Waals surface area contributed by atoms with Crippen LogP contribution in [0.3, 0.4) is 0 Å². The molecule has 2 aromatic rings. The number of ether oxygens (including phenoxy) is 1. The molecule has 1 atom stereocenters. The molecule has 2 saturated heterocycles. The van der Waals surface area contributed by atoms with Gasteiger partial charge >= 0.3 is 0 Å². The lowest BCUT2D eigenvalue weighted by atomic mass is 9.86. The molecular formula is C25H37N5O. The number of anilines is 2. The maximum absolute atomic E-state index is 5.46. The van der Waals surface area contributed by atoms with Crippen molar-refractivity contribution in [3.8, 4) is 0 Å². The molecule has 168 valence electrons. The van der Waals surface area contributed by atoms with E-state index < -0.39 is 0 Å². The number of likely N-dealkylation sites (N-methyl/N-ethyl adjacent to an activating group) is 1. The summed E-state index contributed by atoms with van der Waals surface area (Å²) in [5.41, 5.74) is 3.00. The van der Waals surface area contributed by atoms with Gasteiger partial charge in [0.2, 0.25) is 5.95 Å². The van der Waals surface area contributed by atoms with Crippen molar-refractivity contribution in [3.05, 3.63) is 47.7 Å². The third kappa shape index (κ3) is 5.55. The second kappa shape index (κ2) is 9.53. The highest BCUT2D eigenvalue weighted by atomic mass is 16.5. The second-order valence-electron chi connectivity index (χ2n) is 9.90. The van der Waals surface area contributed by atoms with Crippen molar-refractivity contribution in [2.45, 2.75) is 51.6 Å². The average molecular weight is 424 g/mol. The molecule has 0 N–H and O–H groups in total. The summed E-state index contributed by atoms with van der Waals surface area (Å²) in [6, 6.07) is 11.7. The zero-order chi connectivity index (χ0) is 21.8. The van der Waals surface area contributed by atoms with Gasteiger partial charge in [-0.2, -0.15) is 4.98 Å². The van der Waals surface area contributed by atoms with Crippen molar-refractivity contribution in [1.29, 1.82) is 0 Å². The van der Waals surface area contributed by atoms with Gasteiger partial charge < -0.3 is 14.5 Å². The van der Waals surface area contributed by atoms with E-state index in [1.807, 2.05) is 12.3 Å². The number of hydrogen-bond acceptors (Lipinski definition) is 6. The third-order valence-corrected chi connectivity index (χ3v) is 6.54. The van der Waals surface area contributed by atoms with Crippen LogP contribution >= 0.6 is 0 Å². The Labute approximate surface area is 187 Å². The fraction of sp³-hybridized carbons (Fsp3) is 0.600. The first-order chi connectivity index (χ1) is 14.9. The Kier molecular flexibility index (Phi) is 6.77. The molecule has 6 nitrogen and oxygen atoms in total. The molecule has 31 heavy (non-hydrogen) atoms. The van der Waals surface area contributed by atoms with Crippen LogP contribution in [0.1, 0.15) is 44.7 Å². The monoisotopic (exact) mass is 423 g/mol. The van der Waals surface area contributed by atoms with Crippen molar-refractivity contribution in [2.24, 2.45) is 0 Å². The van der Waals surface area contributed by atoms with Gasteiger partial charge in [0.05, 0.1) is 13.2 Å². The summed E-state index contributed by atoms with van der Waals surface area (Å²) >= 11 is 0. The molecule has 0 bridgehead atoms. The van der Waals surface area contributed by atoms with Crippen molar-refractivity contribution in [1.82, 2.24) is 14.9 Å². The van der Waals surface area contributed by atoms with Crippen molar-refractivity contribution < 1.29 is 4.74 Å². The lowest BCUT2D eigenvalue weighted by Gasteiger charge is -2.38. The van der Waals surface area contributed by atoms with Gasteiger partial charge in [0.1, 0.15) is 5.82 Å². The summed E-state index contributed by atoms with van der Waals surface area (Å²) in [5, 5.41) is 0. The number of likely N-dealkylation sites (tertiary alicyclic amines) is 1. The van der Waals surface area contributed by atoms with Crippen LogP contribution in [0.2, 0.25) is 0 Å². The molecule has 6 heteroatoms. The highest BCUT2D eigenvalue weighted by Crippen LogP contribution is 2.25. The molecule has 4 rings (SSSR count). The maximum atomic E-state index is 5.46. The fourth-order valence-corrected chi connectivity index (χ4v) is 4.50. The number of piperidine rings is 1. The summed E-state index contributed by atoms with van der Waals surface area (Å²) < 4.78 is 5.46. The van der Waals surface area contributed by atoms with Gasteiger partial charge in [0.25, 0.3) is 0 Å². The Hall–Kier alpha value is -2.18. The second-order valence-corrected chi connectivity index (χ2v) is 9.90. The largest absolute Gasteiger partial charge is 0.378 e. The third-order valence-electron chi connectivity index (χ3n) is 6.54. The maximum Gasteiger partial charge on any atom is 0.227 e. The minimum atomic E-state index is 0.203. The van der Waals surface area contributed by atoms with E-state index in [0.29, 0.717) is 6.04 Å². The van der Waals surface area contributed by atoms with Crippen LogP contribution in [0.4, 0.5) is 11.8 Å². The Morgan fingerprint density at radius 3 is 2.52 bits per heavy atom. The number of nitrogens with zero attached hydrogens (tertiary/aromatic N) is 5. The van der Waals surface area contributed by atoms with Crippen molar-refractivity contribution in [3.63, 3.8) is 0 Å². The number of benzene rings is 1. The first-order valence-corrected chi connectivity index (χ1v) is 11.6. The minimum absolute atomic E-state index is 0.203. The highest BCUT2D eigenvalue weighted by Gasteiger charge is 2.25. The molecule has 1 aromatic heterocycles. The summed E-state index contributed by atoms with van der Waals surface area (Å²) in [7, 11) is 2.18. The first kappa shape index (κ1) is 22.0. The number of rotatable bonds is 5. The van der Waals surface area contributed by atoms with Crippen molar-refractivity contribution >= 4 is 11.8 Å². The van der Waals surface area contributed by atoms with Crippen LogP contribution in [0.15, 0.2) is 36.5 Å². The van der Waals surface area contributed by atoms with Gasteiger partial charge in [0.15, 0.2) is 0 Å². The van der Waals surface area contributed by atoms with E-state index in [1.165, 1.54) is 24.0 Å². The molecule has 1 aromatic carbocycles. The molecule has 3 heterocycles. The van der Waals surface area contributed by atoms with E-state index in [0.717, 1.165) is 57.7 Å². The Morgan fingerprint density at radius 1 is 1.06 bits per heavy atom. The van der Waals surface area contributed by atoms with Gasteiger partial charge in [-0.3, -0.25) is 4.90 Å². The van der Waals surface area contributed by atoms with Gasteiger partial charge in [-0.1, -0.05) is 45.0 Å². The van der Waals surface area contributed by atoms with E-state index in [4.69, 9.17) is 9.72 Å². The molecule has 2 aliphatic rings. The standard InChI is InChI=1S/C25H37N5O/c1-25(2,3)21-9-7-20(8-10-21)18-29-13-5-6-22(19-29)28(4)23-11-12-26-24(27-23)30-14-16-31-17-15-30/h7-12,22H,5-6,13-19H2,1-4H3. The normalized spacial score (nSPS) is 20.6. The molecule has 0 radical (unpaired) electrons. The van der Waals surface area contributed by atoms with Crippen LogP contribution in [0.25, 0.3) is 0 Å². The zero-order valence-electron chi connectivity index (χ0n) is 19.5. The summed E-state index contributed by atoms with van der Waals surface area (Å²) in [4.78, 5) is 16.5. The van der Waals surface area contributed by atoms with Gasteiger partial charge in [-0.15, -0.1) is 0 Å².